The molecule has 19 heteroatoms. The summed E-state index contributed by atoms with van der Waals surface area (Å²) in [6.45, 7) is 4.10. The largest absolute Gasteiger partial charge is 0.459 e. The van der Waals surface area contributed by atoms with Crippen molar-refractivity contribution in [1.29, 1.82) is 0 Å². The zero-order valence-electron chi connectivity index (χ0n) is 37.9. The average Bonchev–Trinajstić information content (AvgIpc) is 3.34. The van der Waals surface area contributed by atoms with Crippen LogP contribution in [0.1, 0.15) is 75.7 Å². The Labute approximate surface area is 394 Å². The van der Waals surface area contributed by atoms with Crippen molar-refractivity contribution in [2.75, 3.05) is 52.8 Å². The van der Waals surface area contributed by atoms with Gasteiger partial charge in [-0.2, -0.15) is 0 Å². The molecule has 1 amide bonds. The van der Waals surface area contributed by atoms with Crippen LogP contribution in [-0.2, 0) is 19.0 Å². The molecule has 3 N–H and O–H groups in total. The third kappa shape index (κ3) is 11.6. The molecule has 7 rings (SSSR count). The van der Waals surface area contributed by atoms with E-state index in [1.807, 2.05) is 6.07 Å². The number of nitrogens with zero attached hydrogens (tertiary/aromatic N) is 4. The summed E-state index contributed by atoms with van der Waals surface area (Å²) in [5, 5.41) is 57.6. The number of aliphatic hydroxyl groups is 3. The number of nitro benzene ring substituents is 2. The van der Waals surface area contributed by atoms with Crippen LogP contribution < -0.4 is 14.2 Å². The van der Waals surface area contributed by atoms with Gasteiger partial charge in [-0.15, -0.1) is 6.58 Å². The maximum Gasteiger partial charge on any atom is 0.415 e. The molecule has 68 heavy (non-hydrogen) atoms. The van der Waals surface area contributed by atoms with Gasteiger partial charge in [0.2, 0.25) is 12.1 Å². The van der Waals surface area contributed by atoms with E-state index in [0.717, 1.165) is 24.0 Å². The van der Waals surface area contributed by atoms with Crippen LogP contribution in [0.3, 0.4) is 0 Å². The van der Waals surface area contributed by atoms with Gasteiger partial charge in [0.25, 0.3) is 11.4 Å². The van der Waals surface area contributed by atoms with Crippen LogP contribution in [0.2, 0.25) is 0 Å². The van der Waals surface area contributed by atoms with Crippen LogP contribution in [0, 0.1) is 38.0 Å². The Morgan fingerprint density at radius 3 is 2.35 bits per heavy atom. The number of carbonyl (C=O) groups is 1. The lowest BCUT2D eigenvalue weighted by Crippen LogP contribution is -2.70. The minimum atomic E-state index is -1.68. The van der Waals surface area contributed by atoms with Gasteiger partial charge in [0.05, 0.1) is 60.6 Å². The maximum absolute atomic E-state index is 14.8. The van der Waals surface area contributed by atoms with Crippen molar-refractivity contribution in [3.05, 3.63) is 117 Å². The van der Waals surface area contributed by atoms with E-state index in [0.29, 0.717) is 68.8 Å². The summed E-state index contributed by atoms with van der Waals surface area (Å²) in [6, 6.07) is 15.3. The SMILES string of the molecule is C=CCOC12Oc3ccc(Oc4cccc([N+](=O)[O-])c4)cc3C3C(CCCCO)C(CCCCO)C=C(C(=NOC4CCCCO4)CC1N(CCOCCO)C(=O)Oc1ccc([N+](=O)[O-])cc1)C32. The summed E-state index contributed by atoms with van der Waals surface area (Å²) >= 11 is 0. The van der Waals surface area contributed by atoms with Crippen LogP contribution in [0.25, 0.3) is 0 Å². The first-order valence-electron chi connectivity index (χ1n) is 23.3. The summed E-state index contributed by atoms with van der Waals surface area (Å²) in [7, 11) is 0. The number of allylic oxidation sites excluding steroid dienone is 1. The zero-order chi connectivity index (χ0) is 48.0. The highest BCUT2D eigenvalue weighted by Crippen LogP contribution is 2.62. The summed E-state index contributed by atoms with van der Waals surface area (Å²) in [6.07, 6.45) is 8.64. The Hall–Kier alpha value is -5.96. The first kappa shape index (κ1) is 49.9. The number of hydrogen-bond donors (Lipinski definition) is 3. The van der Waals surface area contributed by atoms with Gasteiger partial charge in [0.1, 0.15) is 29.0 Å². The molecule has 0 bridgehead atoms. The highest BCUT2D eigenvalue weighted by Gasteiger charge is 2.66. The molecular formula is C49H60N4O15. The number of oxime groups is 1. The molecule has 3 aromatic carbocycles. The Balaban J connectivity index is 1.43. The zero-order valence-corrected chi connectivity index (χ0v) is 37.9. The van der Waals surface area contributed by atoms with Crippen LogP contribution in [-0.4, -0.2) is 113 Å². The van der Waals surface area contributed by atoms with Crippen LogP contribution in [0.5, 0.6) is 23.0 Å². The quantitative estimate of drug-likeness (QED) is 0.0334. The standard InChI is InChI=1S/C49H60N4O15/c1-2-25-64-49-44(51(21-27-62-28-24-56)48(57)66-36-17-15-34(16-18-36)52(58)59)32-42(50-68-45-14-5-8-26-63-45)40-29-33(10-3-6-22-54)39(13-4-7-23-55)46(47(40)49)41-31-38(19-20-43(41)67-49)65-37-12-9-11-35(30-37)53(60)61/h2,9,11-12,15-20,29-31,33,39,44-47,54-56H,1,3-8,10,13-14,21-28,32H2. The molecule has 19 nitrogen and oxygen atoms in total. The second-order valence-electron chi connectivity index (χ2n) is 17.2. The van der Waals surface area contributed by atoms with Crippen molar-refractivity contribution in [1.82, 2.24) is 4.90 Å². The summed E-state index contributed by atoms with van der Waals surface area (Å²) in [4.78, 5) is 44.6. The Morgan fingerprint density at radius 1 is 0.897 bits per heavy atom. The Bertz CT molecular complexity index is 2270. The highest BCUT2D eigenvalue weighted by atomic mass is 16.8. The van der Waals surface area contributed by atoms with Gasteiger partial charge < -0.3 is 48.6 Å². The van der Waals surface area contributed by atoms with Crippen molar-refractivity contribution >= 4 is 23.2 Å². The normalized spacial score (nSPS) is 24.4. The molecule has 366 valence electrons. The van der Waals surface area contributed by atoms with Crippen molar-refractivity contribution in [3.8, 4) is 23.0 Å². The summed E-state index contributed by atoms with van der Waals surface area (Å²) < 4.78 is 38.3. The average molecular weight is 945 g/mol. The third-order valence-electron chi connectivity index (χ3n) is 12.9. The molecule has 3 aromatic rings. The van der Waals surface area contributed by atoms with E-state index in [2.05, 4.69) is 12.7 Å². The fourth-order valence-corrected chi connectivity index (χ4v) is 9.92. The Morgan fingerprint density at radius 2 is 1.65 bits per heavy atom. The number of carbonyl (C=O) groups excluding carboxylic acids is 1. The molecule has 7 atom stereocenters. The van der Waals surface area contributed by atoms with E-state index in [1.165, 1.54) is 41.3 Å². The molecule has 7 unspecified atom stereocenters. The second kappa shape index (κ2) is 23.9. The number of fused-ring (bicyclic) bond motifs is 2. The van der Waals surface area contributed by atoms with Gasteiger partial charge >= 0.3 is 6.09 Å². The second-order valence-corrected chi connectivity index (χ2v) is 17.2. The van der Waals surface area contributed by atoms with Crippen molar-refractivity contribution in [2.24, 2.45) is 22.9 Å². The van der Waals surface area contributed by atoms with Gasteiger partial charge in [-0.1, -0.05) is 36.2 Å². The summed E-state index contributed by atoms with van der Waals surface area (Å²) in [5.74, 6) is -1.92. The van der Waals surface area contributed by atoms with Gasteiger partial charge in [-0.3, -0.25) is 25.1 Å². The lowest BCUT2D eigenvalue weighted by Gasteiger charge is -2.59. The van der Waals surface area contributed by atoms with E-state index in [-0.39, 0.29) is 87.3 Å². The van der Waals surface area contributed by atoms with Gasteiger partial charge in [-0.05, 0) is 92.3 Å². The number of non-ortho nitro benzene ring substituents is 2. The molecule has 1 saturated carbocycles. The lowest BCUT2D eigenvalue weighted by molar-refractivity contribution is -0.385. The molecule has 4 aliphatic rings. The number of unbranched alkanes of at least 4 members (excludes halogenated alkanes) is 2. The molecule has 2 heterocycles. The first-order chi connectivity index (χ1) is 33.1. The number of ether oxygens (including phenoxy) is 6. The number of nitro groups is 2. The number of rotatable bonds is 24. The van der Waals surface area contributed by atoms with E-state index in [1.54, 1.807) is 30.3 Å². The number of aliphatic hydroxyl groups excluding tert-OH is 3. The molecule has 2 aliphatic carbocycles. The van der Waals surface area contributed by atoms with Gasteiger partial charge in [0, 0.05) is 62.3 Å². The van der Waals surface area contributed by atoms with E-state index in [9.17, 15) is 40.3 Å². The first-order valence-corrected chi connectivity index (χ1v) is 23.3. The van der Waals surface area contributed by atoms with Crippen LogP contribution in [0.15, 0.2) is 96.2 Å². The maximum atomic E-state index is 14.8. The summed E-state index contributed by atoms with van der Waals surface area (Å²) in [5.41, 5.74) is 1.71. The van der Waals surface area contributed by atoms with Crippen molar-refractivity contribution in [2.45, 2.75) is 88.2 Å². The molecule has 0 spiro atoms. The van der Waals surface area contributed by atoms with E-state index >= 15 is 0 Å². The number of hydrogen-bond acceptors (Lipinski definition) is 16. The Kier molecular flexibility index (Phi) is 17.5. The molecule has 1 saturated heterocycles. The highest BCUT2D eigenvalue weighted by molar-refractivity contribution is 6.03. The van der Waals surface area contributed by atoms with Crippen molar-refractivity contribution in [3.63, 3.8) is 0 Å². The fourth-order valence-electron chi connectivity index (χ4n) is 9.92. The lowest BCUT2D eigenvalue weighted by atomic mass is 9.55. The smallest absolute Gasteiger partial charge is 0.415 e. The predicted octanol–water partition coefficient (Wildman–Crippen LogP) is 7.97. The van der Waals surface area contributed by atoms with Crippen LogP contribution in [0.4, 0.5) is 16.2 Å². The number of amides is 1. The molecular weight excluding hydrogens is 885 g/mol. The van der Waals surface area contributed by atoms with Crippen LogP contribution >= 0.6 is 0 Å². The van der Waals surface area contributed by atoms with E-state index < -0.39 is 45.9 Å². The topological polar surface area (TPSA) is 244 Å². The molecule has 0 aromatic heterocycles. The monoisotopic (exact) mass is 944 g/mol. The molecule has 2 fully saturated rings. The molecule has 0 radical (unpaired) electrons. The minimum Gasteiger partial charge on any atom is -0.459 e. The van der Waals surface area contributed by atoms with Crippen molar-refractivity contribution < 1.29 is 63.2 Å². The predicted molar refractivity (Wildman–Crippen MR) is 247 cm³/mol. The van der Waals surface area contributed by atoms with E-state index in [4.69, 9.17) is 38.4 Å². The third-order valence-corrected chi connectivity index (χ3v) is 12.9. The minimum absolute atomic E-state index is 0.00595. The number of benzene rings is 3. The van der Waals surface area contributed by atoms with Gasteiger partial charge in [0.15, 0.2) is 0 Å². The fraction of sp³-hybridized carbons (Fsp3) is 0.510. The molecule has 2 aliphatic heterocycles. The van der Waals surface area contributed by atoms with Gasteiger partial charge in [-0.25, -0.2) is 4.79 Å².